The zero-order chi connectivity index (χ0) is 12.5. The first-order valence-corrected chi connectivity index (χ1v) is 6.41. The van der Waals surface area contributed by atoms with Crippen molar-refractivity contribution in [2.75, 3.05) is 31.6 Å². The van der Waals surface area contributed by atoms with E-state index in [1.165, 1.54) is 5.56 Å². The first-order valence-electron chi connectivity index (χ1n) is 6.41. The minimum absolute atomic E-state index is 0.447. The van der Waals surface area contributed by atoms with Crippen LogP contribution in [0.5, 0.6) is 6.01 Å². The lowest BCUT2D eigenvalue weighted by Crippen LogP contribution is -2.50. The van der Waals surface area contributed by atoms with Crippen molar-refractivity contribution in [3.63, 3.8) is 0 Å². The van der Waals surface area contributed by atoms with Gasteiger partial charge in [0.1, 0.15) is 5.82 Å². The molecule has 3 rings (SSSR count). The monoisotopic (exact) mass is 249 g/mol. The van der Waals surface area contributed by atoms with Gasteiger partial charge in [0.2, 0.25) is 0 Å². The van der Waals surface area contributed by atoms with Crippen molar-refractivity contribution >= 4 is 5.82 Å². The lowest BCUT2D eigenvalue weighted by molar-refractivity contribution is 0.376. The molecule has 6 nitrogen and oxygen atoms in total. The van der Waals surface area contributed by atoms with Crippen molar-refractivity contribution in [2.45, 2.75) is 26.1 Å². The summed E-state index contributed by atoms with van der Waals surface area (Å²) in [4.78, 5) is 11.3. The van der Waals surface area contributed by atoms with Crippen LogP contribution in [0.2, 0.25) is 0 Å². The van der Waals surface area contributed by atoms with E-state index in [0.29, 0.717) is 12.1 Å². The van der Waals surface area contributed by atoms with Gasteiger partial charge in [0.25, 0.3) is 0 Å². The van der Waals surface area contributed by atoms with E-state index in [1.807, 2.05) is 0 Å². The van der Waals surface area contributed by atoms with Crippen molar-refractivity contribution in [3.8, 4) is 6.01 Å². The van der Waals surface area contributed by atoms with E-state index < -0.39 is 0 Å². The Balaban J connectivity index is 2.01. The highest BCUT2D eigenvalue weighted by Gasteiger charge is 2.27. The van der Waals surface area contributed by atoms with Crippen LogP contribution in [0.3, 0.4) is 0 Å². The van der Waals surface area contributed by atoms with Gasteiger partial charge in [-0.05, 0) is 6.92 Å². The second-order valence-electron chi connectivity index (χ2n) is 4.81. The fourth-order valence-electron chi connectivity index (χ4n) is 2.61. The second-order valence-corrected chi connectivity index (χ2v) is 4.81. The van der Waals surface area contributed by atoms with Crippen molar-refractivity contribution < 1.29 is 4.74 Å². The Bertz CT molecular complexity index is 450. The number of nitrogens with zero attached hydrogens (tertiary/aromatic N) is 3. The highest BCUT2D eigenvalue weighted by atomic mass is 16.5. The third-order valence-electron chi connectivity index (χ3n) is 3.60. The average Bonchev–Trinajstić information content (AvgIpc) is 2.86. The molecular weight excluding hydrogens is 230 g/mol. The molecule has 0 amide bonds. The van der Waals surface area contributed by atoms with E-state index in [0.717, 1.165) is 44.2 Å². The van der Waals surface area contributed by atoms with E-state index in [1.54, 1.807) is 7.11 Å². The number of methoxy groups -OCH3 is 1. The van der Waals surface area contributed by atoms with Crippen LogP contribution in [0.1, 0.15) is 18.2 Å². The maximum absolute atomic E-state index is 5.21. The van der Waals surface area contributed by atoms with Gasteiger partial charge in [-0.1, -0.05) is 0 Å². The van der Waals surface area contributed by atoms with E-state index in [-0.39, 0.29) is 0 Å². The van der Waals surface area contributed by atoms with Crippen LogP contribution in [0.15, 0.2) is 0 Å². The Morgan fingerprint density at radius 2 is 2.17 bits per heavy atom. The maximum atomic E-state index is 5.21. The van der Waals surface area contributed by atoms with Crippen LogP contribution >= 0.6 is 0 Å². The van der Waals surface area contributed by atoms with Crippen LogP contribution in [0.4, 0.5) is 5.82 Å². The van der Waals surface area contributed by atoms with Crippen molar-refractivity contribution in [1.29, 1.82) is 0 Å². The lowest BCUT2D eigenvalue weighted by Gasteiger charge is -2.35. The summed E-state index contributed by atoms with van der Waals surface area (Å²) in [6.07, 6.45) is 0. The Kier molecular flexibility index (Phi) is 3.05. The van der Waals surface area contributed by atoms with Crippen LogP contribution < -0.4 is 20.3 Å². The molecule has 0 spiro atoms. The van der Waals surface area contributed by atoms with Crippen LogP contribution in [-0.2, 0) is 13.1 Å². The van der Waals surface area contributed by atoms with Crippen LogP contribution in [-0.4, -0.2) is 42.8 Å². The summed E-state index contributed by atoms with van der Waals surface area (Å²) < 4.78 is 5.21. The summed E-state index contributed by atoms with van der Waals surface area (Å²) in [6, 6.07) is 0.918. The normalized spacial score (nSPS) is 23.0. The van der Waals surface area contributed by atoms with Gasteiger partial charge in [-0.15, -0.1) is 0 Å². The number of aromatic nitrogens is 2. The van der Waals surface area contributed by atoms with Gasteiger partial charge in [0.15, 0.2) is 0 Å². The van der Waals surface area contributed by atoms with Crippen molar-refractivity contribution in [2.24, 2.45) is 0 Å². The Labute approximate surface area is 107 Å². The molecule has 1 saturated heterocycles. The number of ether oxygens (including phenoxy) is 1. The quantitative estimate of drug-likeness (QED) is 0.762. The van der Waals surface area contributed by atoms with Gasteiger partial charge in [-0.2, -0.15) is 9.97 Å². The van der Waals surface area contributed by atoms with Crippen LogP contribution in [0.25, 0.3) is 0 Å². The highest BCUT2D eigenvalue weighted by Crippen LogP contribution is 2.28. The van der Waals surface area contributed by atoms with Gasteiger partial charge in [0, 0.05) is 44.3 Å². The molecule has 1 fully saturated rings. The standard InChI is InChI=1S/C12H19N5O/c1-8-5-13-3-4-17(8)11-9-6-14-7-10(9)15-12(16-11)18-2/h8,13-14H,3-7H2,1-2H3/t8-/m0/s1. The summed E-state index contributed by atoms with van der Waals surface area (Å²) in [5.74, 6) is 1.04. The predicted octanol–water partition coefficient (Wildman–Crippen LogP) is -0.113. The fraction of sp³-hybridized carbons (Fsp3) is 0.667. The molecule has 0 radical (unpaired) electrons. The first kappa shape index (κ1) is 11.7. The molecular formula is C12H19N5O. The SMILES string of the molecule is COc1nc2c(c(N3CCNC[C@@H]3C)n1)CNC2. The zero-order valence-corrected chi connectivity index (χ0v) is 10.9. The molecule has 98 valence electrons. The molecule has 6 heteroatoms. The number of nitrogens with one attached hydrogen (secondary N) is 2. The number of piperazine rings is 1. The summed E-state index contributed by atoms with van der Waals surface area (Å²) in [5, 5.41) is 6.73. The highest BCUT2D eigenvalue weighted by molar-refractivity contribution is 5.52. The number of fused-ring (bicyclic) bond motifs is 1. The molecule has 2 N–H and O–H groups in total. The molecule has 3 heterocycles. The molecule has 0 bridgehead atoms. The summed E-state index contributed by atoms with van der Waals surface area (Å²) in [6.45, 7) is 6.85. The molecule has 0 aromatic carbocycles. The minimum atomic E-state index is 0.447. The first-order chi connectivity index (χ1) is 8.79. The number of hydrogen-bond donors (Lipinski definition) is 2. The Hall–Kier alpha value is -1.40. The fourth-order valence-corrected chi connectivity index (χ4v) is 2.61. The largest absolute Gasteiger partial charge is 0.467 e. The molecule has 0 saturated carbocycles. The van der Waals surface area contributed by atoms with Crippen molar-refractivity contribution in [3.05, 3.63) is 11.3 Å². The number of anilines is 1. The summed E-state index contributed by atoms with van der Waals surface area (Å²) in [5.41, 5.74) is 2.30. The topological polar surface area (TPSA) is 62.3 Å². The molecule has 1 aromatic rings. The zero-order valence-electron chi connectivity index (χ0n) is 10.9. The summed E-state index contributed by atoms with van der Waals surface area (Å²) in [7, 11) is 1.62. The third kappa shape index (κ3) is 1.91. The molecule has 2 aliphatic heterocycles. The molecule has 18 heavy (non-hydrogen) atoms. The molecule has 1 aromatic heterocycles. The van der Waals surface area contributed by atoms with E-state index in [2.05, 4.69) is 32.4 Å². The van der Waals surface area contributed by atoms with Crippen LogP contribution in [0, 0.1) is 0 Å². The van der Waals surface area contributed by atoms with Gasteiger partial charge in [-0.3, -0.25) is 0 Å². The van der Waals surface area contributed by atoms with E-state index >= 15 is 0 Å². The predicted molar refractivity (Wildman–Crippen MR) is 68.8 cm³/mol. The maximum Gasteiger partial charge on any atom is 0.318 e. The minimum Gasteiger partial charge on any atom is -0.467 e. The van der Waals surface area contributed by atoms with Gasteiger partial charge < -0.3 is 20.3 Å². The molecule has 0 unspecified atom stereocenters. The van der Waals surface area contributed by atoms with Gasteiger partial charge in [0.05, 0.1) is 12.8 Å². The van der Waals surface area contributed by atoms with E-state index in [4.69, 9.17) is 4.74 Å². The number of hydrogen-bond acceptors (Lipinski definition) is 6. The van der Waals surface area contributed by atoms with E-state index in [9.17, 15) is 0 Å². The molecule has 0 aliphatic carbocycles. The Morgan fingerprint density at radius 1 is 1.28 bits per heavy atom. The smallest absolute Gasteiger partial charge is 0.318 e. The summed E-state index contributed by atoms with van der Waals surface area (Å²) >= 11 is 0. The second kappa shape index (κ2) is 4.70. The molecule has 2 aliphatic rings. The average molecular weight is 249 g/mol. The van der Waals surface area contributed by atoms with Crippen molar-refractivity contribution in [1.82, 2.24) is 20.6 Å². The van der Waals surface area contributed by atoms with Gasteiger partial charge in [-0.25, -0.2) is 0 Å². The number of rotatable bonds is 2. The third-order valence-corrected chi connectivity index (χ3v) is 3.60. The lowest BCUT2D eigenvalue weighted by atomic mass is 10.1. The Morgan fingerprint density at radius 3 is 2.94 bits per heavy atom. The van der Waals surface area contributed by atoms with Gasteiger partial charge >= 0.3 is 6.01 Å². The molecule has 1 atom stereocenters.